The van der Waals surface area contributed by atoms with Gasteiger partial charge in [0.2, 0.25) is 15.3 Å². The maximum Gasteiger partial charge on any atom is 0.224 e. The summed E-state index contributed by atoms with van der Waals surface area (Å²) in [5, 5.41) is 6.56. The van der Waals surface area contributed by atoms with Crippen LogP contribution in [0.1, 0.15) is 12.8 Å². The number of sulfonamides is 1. The van der Waals surface area contributed by atoms with E-state index in [4.69, 9.17) is 17.3 Å². The van der Waals surface area contributed by atoms with Gasteiger partial charge in [0, 0.05) is 33.0 Å². The van der Waals surface area contributed by atoms with E-state index in [-0.39, 0.29) is 15.9 Å². The van der Waals surface area contributed by atoms with Crippen LogP contribution in [0.4, 0.5) is 17.2 Å². The van der Waals surface area contributed by atoms with Crippen LogP contribution in [-0.4, -0.2) is 55.4 Å². The molecule has 1 aromatic heterocycles. The van der Waals surface area contributed by atoms with Crippen molar-refractivity contribution in [3.63, 3.8) is 0 Å². The second kappa shape index (κ2) is 12.0. The van der Waals surface area contributed by atoms with E-state index in [1.165, 1.54) is 0 Å². The van der Waals surface area contributed by atoms with Crippen LogP contribution in [0.3, 0.4) is 0 Å². The van der Waals surface area contributed by atoms with Crippen molar-refractivity contribution in [1.82, 2.24) is 14.1 Å². The summed E-state index contributed by atoms with van der Waals surface area (Å²) in [6, 6.07) is 5.33. The van der Waals surface area contributed by atoms with Crippen molar-refractivity contribution in [1.29, 1.82) is 0 Å². The summed E-state index contributed by atoms with van der Waals surface area (Å²) in [4.78, 5) is 8.28. The van der Waals surface area contributed by atoms with Gasteiger partial charge in [-0.2, -0.15) is 4.98 Å². The molecule has 0 radical (unpaired) electrons. The number of nitrogens with one attached hydrogen (secondary N) is 3. The lowest BCUT2D eigenvalue weighted by Gasteiger charge is -2.19. The van der Waals surface area contributed by atoms with E-state index in [9.17, 15) is 12.6 Å². The van der Waals surface area contributed by atoms with Crippen LogP contribution in [0.25, 0.3) is 0 Å². The summed E-state index contributed by atoms with van der Waals surface area (Å²) in [6.45, 7) is 7.47. The van der Waals surface area contributed by atoms with Crippen molar-refractivity contribution in [3.05, 3.63) is 34.2 Å². The average Bonchev–Trinajstić information content (AvgIpc) is 2.70. The Labute approximate surface area is 217 Å². The summed E-state index contributed by atoms with van der Waals surface area (Å²) in [5.74, 6) is 4.24. The zero-order chi connectivity index (χ0) is 25.6. The zero-order valence-corrected chi connectivity index (χ0v) is 24.5. The molecule has 0 saturated heterocycles. The third-order valence-electron chi connectivity index (χ3n) is 4.67. The predicted molar refractivity (Wildman–Crippen MR) is 150 cm³/mol. The molecule has 14 heteroatoms. The van der Waals surface area contributed by atoms with E-state index in [1.807, 2.05) is 0 Å². The first-order valence-electron chi connectivity index (χ1n) is 10.6. The fourth-order valence-electron chi connectivity index (χ4n) is 2.85. The summed E-state index contributed by atoms with van der Waals surface area (Å²) in [6.07, 6.45) is 3.16. The lowest BCUT2D eigenvalue weighted by Crippen LogP contribution is -2.35. The summed E-state index contributed by atoms with van der Waals surface area (Å²) in [5.41, 5.74) is 6.87. The molecule has 1 atom stereocenters. The molecule has 190 valence electrons. The molecule has 0 aliphatic rings. The molecular formula is C20H32BrClN6O3S2Si. The molecule has 2 rings (SSSR count). The van der Waals surface area contributed by atoms with Crippen LogP contribution in [0.15, 0.2) is 33.8 Å². The molecule has 0 amide bonds. The SMILES string of the molecule is C=S(=O)(NS(=O)(=O)CC[Si](C)(C)C)c1ccc(N)cc1NCCCCNc1nc(Cl)ncc1Br. The third-order valence-corrected chi connectivity index (χ3v) is 11.4. The minimum Gasteiger partial charge on any atom is -0.399 e. The van der Waals surface area contributed by atoms with Crippen LogP contribution in [-0.2, 0) is 19.7 Å². The number of halogens is 2. The molecule has 34 heavy (non-hydrogen) atoms. The average molecular weight is 612 g/mol. The van der Waals surface area contributed by atoms with Crippen LogP contribution in [0.2, 0.25) is 31.0 Å². The number of nitrogens with two attached hydrogens (primary N) is 1. The standard InChI is InChI=1S/C20H32BrClN6O3S2Si/c1-32(29,28-33(30,31)11-12-34(2,3)4)18-8-7-15(23)13-17(18)24-9-5-6-10-25-19-16(21)14-26-20(22)27-19/h7-8,13-14,24H,1,5-6,9-12,23H2,2-4H3,(H,28,29)(H,25,26,27). The van der Waals surface area contributed by atoms with Crippen molar-refractivity contribution >= 4 is 78.4 Å². The molecule has 0 fully saturated rings. The van der Waals surface area contributed by atoms with Crippen LogP contribution >= 0.6 is 27.5 Å². The number of nitrogens with zero attached hydrogens (tertiary/aromatic N) is 2. The molecule has 5 N–H and O–H groups in total. The van der Waals surface area contributed by atoms with Gasteiger partial charge in [-0.1, -0.05) is 19.6 Å². The topological polar surface area (TPSA) is 139 Å². The fraction of sp³-hybridized carbons (Fsp3) is 0.450. The van der Waals surface area contributed by atoms with E-state index in [2.05, 4.69) is 66.2 Å². The van der Waals surface area contributed by atoms with Gasteiger partial charge < -0.3 is 16.4 Å². The highest BCUT2D eigenvalue weighted by molar-refractivity contribution is 9.10. The first-order chi connectivity index (χ1) is 15.7. The Balaban J connectivity index is 1.97. The van der Waals surface area contributed by atoms with Crippen molar-refractivity contribution < 1.29 is 12.6 Å². The largest absolute Gasteiger partial charge is 0.399 e. The first-order valence-corrected chi connectivity index (χ1v) is 18.9. The van der Waals surface area contributed by atoms with Crippen LogP contribution < -0.4 is 20.5 Å². The van der Waals surface area contributed by atoms with E-state index in [1.54, 1.807) is 24.4 Å². The van der Waals surface area contributed by atoms with E-state index in [0.717, 1.165) is 17.3 Å². The zero-order valence-electron chi connectivity index (χ0n) is 19.5. The quantitative estimate of drug-likeness (QED) is 0.0876. The summed E-state index contributed by atoms with van der Waals surface area (Å²) in [7, 11) is -8.65. The summed E-state index contributed by atoms with van der Waals surface area (Å²) >= 11 is 9.18. The molecule has 1 aromatic carbocycles. The van der Waals surface area contributed by atoms with Gasteiger partial charge in [-0.05, 0) is 70.5 Å². The highest BCUT2D eigenvalue weighted by Crippen LogP contribution is 2.25. The van der Waals surface area contributed by atoms with Gasteiger partial charge >= 0.3 is 0 Å². The fourth-order valence-corrected chi connectivity index (χ4v) is 9.95. The Morgan fingerprint density at radius 1 is 1.15 bits per heavy atom. The lowest BCUT2D eigenvalue weighted by atomic mass is 10.2. The Morgan fingerprint density at radius 2 is 1.79 bits per heavy atom. The molecule has 2 aromatic rings. The highest BCUT2D eigenvalue weighted by Gasteiger charge is 2.23. The number of rotatable bonds is 13. The first kappa shape index (κ1) is 28.9. The molecule has 1 unspecified atom stereocenters. The predicted octanol–water partition coefficient (Wildman–Crippen LogP) is 4.03. The van der Waals surface area contributed by atoms with Gasteiger partial charge in [0.1, 0.15) is 5.82 Å². The number of hydrogen-bond donors (Lipinski definition) is 4. The second-order valence-electron chi connectivity index (χ2n) is 9.04. The van der Waals surface area contributed by atoms with E-state index < -0.39 is 27.8 Å². The molecule has 0 spiro atoms. The van der Waals surface area contributed by atoms with Crippen molar-refractivity contribution in [2.24, 2.45) is 0 Å². The second-order valence-corrected chi connectivity index (χ2v) is 19.9. The Bertz CT molecular complexity index is 1210. The molecule has 9 nitrogen and oxygen atoms in total. The maximum absolute atomic E-state index is 13.3. The van der Waals surface area contributed by atoms with Gasteiger partial charge in [0.05, 0.1) is 30.5 Å². The minimum atomic E-state index is -3.76. The normalized spacial score (nSPS) is 13.9. The van der Waals surface area contributed by atoms with Crippen molar-refractivity contribution in [2.45, 2.75) is 43.4 Å². The van der Waals surface area contributed by atoms with Gasteiger partial charge in [-0.3, -0.25) is 0 Å². The number of nitrogen functional groups attached to an aromatic ring is 1. The molecule has 0 aliphatic heterocycles. The van der Waals surface area contributed by atoms with Crippen LogP contribution in [0.5, 0.6) is 0 Å². The van der Waals surface area contributed by atoms with Crippen molar-refractivity contribution in [3.8, 4) is 0 Å². The smallest absolute Gasteiger partial charge is 0.224 e. The number of aromatic nitrogens is 2. The van der Waals surface area contributed by atoms with E-state index >= 15 is 0 Å². The lowest BCUT2D eigenvalue weighted by molar-refractivity contribution is 0.593. The van der Waals surface area contributed by atoms with E-state index in [0.29, 0.717) is 36.3 Å². The van der Waals surface area contributed by atoms with Gasteiger partial charge in [-0.15, -0.1) is 4.13 Å². The highest BCUT2D eigenvalue weighted by atomic mass is 79.9. The van der Waals surface area contributed by atoms with Crippen LogP contribution in [0, 0.1) is 0 Å². The monoisotopic (exact) mass is 610 g/mol. The molecule has 0 saturated carbocycles. The number of hydrogen-bond acceptors (Lipinski definition) is 8. The summed E-state index contributed by atoms with van der Waals surface area (Å²) < 4.78 is 41.5. The third kappa shape index (κ3) is 9.70. The number of unbranched alkanes of at least 4 members (excludes halogenated alkanes) is 1. The molecule has 1 heterocycles. The van der Waals surface area contributed by atoms with Gasteiger partial charge in [0.25, 0.3) is 0 Å². The molecular weight excluding hydrogens is 580 g/mol. The molecule has 0 bridgehead atoms. The minimum absolute atomic E-state index is 0.0758. The van der Waals surface area contributed by atoms with Crippen molar-refractivity contribution in [2.75, 3.05) is 35.2 Å². The van der Waals surface area contributed by atoms with Gasteiger partial charge in [-0.25, -0.2) is 17.6 Å². The maximum atomic E-state index is 13.3. The Kier molecular flexibility index (Phi) is 10.2. The molecule has 0 aliphatic carbocycles. The number of anilines is 3. The Morgan fingerprint density at radius 3 is 2.44 bits per heavy atom. The van der Waals surface area contributed by atoms with Gasteiger partial charge in [0.15, 0.2) is 0 Å². The Hall–Kier alpha value is -1.38. The number of benzene rings is 1.